The Labute approximate surface area is 474 Å². The molecule has 0 fully saturated rings. The van der Waals surface area contributed by atoms with E-state index in [-0.39, 0.29) is 62.0 Å². The quantitative estimate of drug-likeness (QED) is 0.0807. The number of aromatic nitrogens is 4. The third-order valence-electron chi connectivity index (χ3n) is 12.0. The minimum Gasteiger partial charge on any atom is -1.00 e. The fourth-order valence-corrected chi connectivity index (χ4v) is 8.52. The van der Waals surface area contributed by atoms with Crippen molar-refractivity contribution >= 4 is 78.5 Å². The van der Waals surface area contributed by atoms with Crippen LogP contribution in [0.1, 0.15) is 14.0 Å². The predicted molar refractivity (Wildman–Crippen MR) is 291 cm³/mol. The molecule has 0 atom stereocenters. The van der Waals surface area contributed by atoms with Crippen molar-refractivity contribution in [1.29, 1.82) is 0 Å². The standard InChI is InChI=1S/C62H42N6O4.2Na.2H/c1-5-21-49-43(13-1)17-9-25-53(49)69-57-39-58(70-54-26-10-18-44-14-2-6-22-50(44)54)66-61(65-57)63-47-35-31-41(32-36-47)29-30-42-33-37-48(38-34-42)64-62-67-59(71-55-27-11-19-45-15-3-7-23-51(45)55)40-60(68-62)72-56-28-12-20-46-16-4-8-24-52(46)56;;;;/h1-40H,(H,63,65,66)(H,64,67,68);;;;/q;2*+1;2*-1. The van der Waals surface area contributed by atoms with Crippen LogP contribution in [0, 0.1) is 0 Å². The van der Waals surface area contributed by atoms with Gasteiger partial charge in [0.05, 0.1) is 12.1 Å². The molecule has 0 unspecified atom stereocenters. The molecule has 0 radical (unpaired) electrons. The van der Waals surface area contributed by atoms with E-state index in [9.17, 15) is 0 Å². The number of rotatable bonds is 14. The second-order valence-corrected chi connectivity index (χ2v) is 16.9. The summed E-state index contributed by atoms with van der Waals surface area (Å²) in [4.78, 5) is 19.1. The third-order valence-corrected chi connectivity index (χ3v) is 12.0. The molecule has 2 aromatic heterocycles. The van der Waals surface area contributed by atoms with E-state index in [1.54, 1.807) is 12.1 Å². The first-order valence-electron chi connectivity index (χ1n) is 23.4. The summed E-state index contributed by atoms with van der Waals surface area (Å²) in [6, 6.07) is 75.6. The van der Waals surface area contributed by atoms with E-state index in [0.29, 0.717) is 58.4 Å². The number of ether oxygens (including phenoxy) is 4. The SMILES string of the molecule is C(=Cc1ccc(Nc2nc(Oc3cccc4ccccc34)cc(Oc3cccc4ccccc34)n2)cc1)c1ccc(Nc2nc(Oc3cccc4ccccc34)cc(Oc3cccc4ccccc34)n2)cc1.[H-].[H-].[Na+].[Na+]. The molecule has 0 saturated heterocycles. The Kier molecular flexibility index (Phi) is 15.2. The van der Waals surface area contributed by atoms with Crippen LogP contribution in [0.3, 0.4) is 0 Å². The minimum atomic E-state index is 0. The predicted octanol–water partition coefficient (Wildman–Crippen LogP) is 10.9. The van der Waals surface area contributed by atoms with Crippen molar-refractivity contribution in [3.8, 4) is 46.5 Å². The Hall–Kier alpha value is -8.06. The Morgan fingerprint density at radius 2 is 0.554 bits per heavy atom. The van der Waals surface area contributed by atoms with Crippen LogP contribution >= 0.6 is 0 Å². The van der Waals surface area contributed by atoms with Crippen molar-refractivity contribution in [1.82, 2.24) is 19.9 Å². The number of anilines is 4. The van der Waals surface area contributed by atoms with Gasteiger partial charge in [0.25, 0.3) is 0 Å². The summed E-state index contributed by atoms with van der Waals surface area (Å²) in [7, 11) is 0. The molecule has 10 nitrogen and oxygen atoms in total. The van der Waals surface area contributed by atoms with E-state index >= 15 is 0 Å². The summed E-state index contributed by atoms with van der Waals surface area (Å²) in [5, 5.41) is 14.9. The van der Waals surface area contributed by atoms with Crippen LogP contribution in [0.2, 0.25) is 0 Å². The van der Waals surface area contributed by atoms with Crippen LogP contribution in [-0.4, -0.2) is 19.9 Å². The minimum absolute atomic E-state index is 0. The second-order valence-electron chi connectivity index (χ2n) is 16.9. The molecule has 74 heavy (non-hydrogen) atoms. The summed E-state index contributed by atoms with van der Waals surface area (Å²) in [5.41, 5.74) is 3.60. The molecule has 0 spiro atoms. The topological polar surface area (TPSA) is 113 Å². The molecule has 2 heterocycles. The van der Waals surface area contributed by atoms with Crippen LogP contribution in [0.15, 0.2) is 231 Å². The molecule has 12 rings (SSSR count). The van der Waals surface area contributed by atoms with Crippen molar-refractivity contribution in [3.05, 3.63) is 242 Å². The molecule has 0 aliphatic rings. The van der Waals surface area contributed by atoms with Gasteiger partial charge < -0.3 is 32.4 Å². The molecule has 12 aromatic rings. The number of hydrogen-bond acceptors (Lipinski definition) is 10. The average Bonchev–Trinajstić information content (AvgIpc) is 3.41. The van der Waals surface area contributed by atoms with Crippen LogP contribution in [0.25, 0.3) is 55.2 Å². The van der Waals surface area contributed by atoms with Gasteiger partial charge in [0.2, 0.25) is 35.4 Å². The van der Waals surface area contributed by atoms with Crippen LogP contribution < -0.4 is 88.7 Å². The second kappa shape index (κ2) is 22.8. The van der Waals surface area contributed by atoms with E-state index in [4.69, 9.17) is 38.9 Å². The van der Waals surface area contributed by atoms with E-state index in [2.05, 4.69) is 71.3 Å². The van der Waals surface area contributed by atoms with Crippen molar-refractivity contribution in [3.63, 3.8) is 0 Å². The van der Waals surface area contributed by atoms with Gasteiger partial charge in [0.1, 0.15) is 23.0 Å². The summed E-state index contributed by atoms with van der Waals surface area (Å²) in [5.74, 6) is 4.69. The molecule has 2 N–H and O–H groups in total. The van der Waals surface area contributed by atoms with Gasteiger partial charge in [-0.25, -0.2) is 0 Å². The summed E-state index contributed by atoms with van der Waals surface area (Å²) in [6.45, 7) is 0. The maximum Gasteiger partial charge on any atom is 1.00 e. The monoisotopic (exact) mass is 982 g/mol. The Bertz CT molecular complexity index is 3510. The van der Waals surface area contributed by atoms with Crippen molar-refractivity contribution in [2.24, 2.45) is 0 Å². The first-order chi connectivity index (χ1) is 35.6. The first kappa shape index (κ1) is 49.5. The van der Waals surface area contributed by atoms with Crippen molar-refractivity contribution < 1.29 is 80.9 Å². The number of fused-ring (bicyclic) bond motifs is 4. The Morgan fingerprint density at radius 3 is 0.838 bits per heavy atom. The summed E-state index contributed by atoms with van der Waals surface area (Å²) < 4.78 is 25.8. The first-order valence-corrected chi connectivity index (χ1v) is 23.4. The molecule has 0 aliphatic carbocycles. The van der Waals surface area contributed by atoms with E-state index in [1.807, 2.05) is 170 Å². The fraction of sp³-hybridized carbons (Fsp3) is 0. The van der Waals surface area contributed by atoms with Gasteiger partial charge >= 0.3 is 59.1 Å². The van der Waals surface area contributed by atoms with Crippen molar-refractivity contribution in [2.75, 3.05) is 10.6 Å². The molecule has 10 aromatic carbocycles. The maximum atomic E-state index is 6.44. The molecular weight excluding hydrogens is 939 g/mol. The Balaban J connectivity index is 0.00000191. The van der Waals surface area contributed by atoms with Gasteiger partial charge in [-0.3, -0.25) is 0 Å². The zero-order chi connectivity index (χ0) is 48.1. The number of nitrogens with one attached hydrogen (secondary N) is 2. The van der Waals surface area contributed by atoms with Gasteiger partial charge in [-0.1, -0.05) is 182 Å². The van der Waals surface area contributed by atoms with Gasteiger partial charge in [0.15, 0.2) is 0 Å². The maximum absolute atomic E-state index is 6.44. The van der Waals surface area contributed by atoms with Gasteiger partial charge in [0, 0.05) is 32.9 Å². The molecule has 12 heteroatoms. The number of nitrogens with zero attached hydrogens (tertiary/aromatic N) is 4. The molecular formula is C62H44N6Na2O4. The molecule has 0 aliphatic heterocycles. The normalized spacial score (nSPS) is 11.0. The summed E-state index contributed by atoms with van der Waals surface area (Å²) >= 11 is 0. The van der Waals surface area contributed by atoms with E-state index in [1.165, 1.54) is 0 Å². The largest absolute Gasteiger partial charge is 1.00 e. The van der Waals surface area contributed by atoms with Gasteiger partial charge in [-0.2, -0.15) is 19.9 Å². The Morgan fingerprint density at radius 1 is 0.297 bits per heavy atom. The van der Waals surface area contributed by atoms with Gasteiger partial charge in [-0.15, -0.1) is 0 Å². The van der Waals surface area contributed by atoms with E-state index in [0.717, 1.165) is 65.6 Å². The summed E-state index contributed by atoms with van der Waals surface area (Å²) in [6.07, 6.45) is 4.12. The van der Waals surface area contributed by atoms with Crippen molar-refractivity contribution in [2.45, 2.75) is 0 Å². The van der Waals surface area contributed by atoms with Crippen LogP contribution in [-0.2, 0) is 0 Å². The van der Waals surface area contributed by atoms with Crippen LogP contribution in [0.5, 0.6) is 46.5 Å². The van der Waals surface area contributed by atoms with E-state index < -0.39 is 0 Å². The fourth-order valence-electron chi connectivity index (χ4n) is 8.52. The molecule has 0 saturated carbocycles. The third kappa shape index (κ3) is 11.4. The van der Waals surface area contributed by atoms with Gasteiger partial charge in [-0.05, 0) is 81.2 Å². The number of hydrogen-bond donors (Lipinski definition) is 2. The zero-order valence-electron chi connectivity index (χ0n) is 42.5. The number of benzene rings is 10. The average molecular weight is 983 g/mol. The molecule has 0 bridgehead atoms. The molecule has 0 amide bonds. The smallest absolute Gasteiger partial charge is 1.00 e. The zero-order valence-corrected chi connectivity index (χ0v) is 44.5. The van der Waals surface area contributed by atoms with Crippen LogP contribution in [0.4, 0.5) is 23.3 Å². The molecule has 348 valence electrons.